The van der Waals surface area contributed by atoms with E-state index in [9.17, 15) is 0 Å². The lowest BCUT2D eigenvalue weighted by Gasteiger charge is -2.01. The first-order valence-corrected chi connectivity index (χ1v) is 5.01. The van der Waals surface area contributed by atoms with Gasteiger partial charge in [-0.3, -0.25) is 0 Å². The molecule has 0 aromatic heterocycles. The minimum Gasteiger partial charge on any atom is -0.394 e. The summed E-state index contributed by atoms with van der Waals surface area (Å²) in [6, 6.07) is 0. The van der Waals surface area contributed by atoms with Gasteiger partial charge in [0.2, 0.25) is 0 Å². The summed E-state index contributed by atoms with van der Waals surface area (Å²) in [6.45, 7) is 5.20. The van der Waals surface area contributed by atoms with Gasteiger partial charge < -0.3 is 21.7 Å². The third-order valence-corrected chi connectivity index (χ3v) is 1.57. The van der Waals surface area contributed by atoms with Gasteiger partial charge in [0.25, 0.3) is 0 Å². The molecule has 0 rings (SSSR count). The first kappa shape index (κ1) is 16.0. The van der Waals surface area contributed by atoms with E-state index in [1.165, 1.54) is 5.57 Å². The van der Waals surface area contributed by atoms with Crippen molar-refractivity contribution in [1.29, 1.82) is 0 Å². The molecule has 0 aliphatic carbocycles. The maximum absolute atomic E-state index is 7.62. The molecule has 0 aromatic rings. The number of rotatable bonds is 7. The van der Waals surface area contributed by atoms with Crippen LogP contribution in [0.2, 0.25) is 0 Å². The molecular weight excluding hydrogens is 180 g/mol. The van der Waals surface area contributed by atoms with Gasteiger partial charge in [-0.15, -0.1) is 0 Å². The van der Waals surface area contributed by atoms with Crippen LogP contribution in [-0.4, -0.2) is 36.5 Å². The van der Waals surface area contributed by atoms with Gasteiger partial charge in [0.1, 0.15) is 0 Å². The molecule has 4 nitrogen and oxygen atoms in total. The zero-order valence-electron chi connectivity index (χ0n) is 8.91. The second kappa shape index (κ2) is 15.1. The molecule has 0 radical (unpaired) electrons. The molecule has 0 aromatic carbocycles. The molecule has 0 atom stereocenters. The Labute approximate surface area is 86.6 Å². The average Bonchev–Trinajstić information content (AvgIpc) is 2.23. The summed E-state index contributed by atoms with van der Waals surface area (Å²) in [5.41, 5.74) is 12.0. The number of hydrogen-bond acceptors (Lipinski definition) is 4. The average molecular weight is 204 g/mol. The molecule has 0 spiro atoms. The maximum atomic E-state index is 7.62. The monoisotopic (exact) mass is 204 g/mol. The van der Waals surface area contributed by atoms with Crippen molar-refractivity contribution in [3.8, 4) is 0 Å². The quantitative estimate of drug-likeness (QED) is 0.439. The summed E-state index contributed by atoms with van der Waals surface area (Å²) >= 11 is 0. The molecule has 0 heterocycles. The summed E-state index contributed by atoms with van der Waals surface area (Å²) in [6.07, 6.45) is 4.25. The first-order chi connectivity index (χ1) is 6.72. The van der Waals surface area contributed by atoms with Gasteiger partial charge in [0.05, 0.1) is 13.2 Å². The van der Waals surface area contributed by atoms with Crippen molar-refractivity contribution in [1.82, 2.24) is 0 Å². The lowest BCUT2D eigenvalue weighted by molar-refractivity contribution is 0.186. The first-order valence-electron chi connectivity index (χ1n) is 5.01. The second-order valence-electron chi connectivity index (χ2n) is 2.98. The third kappa shape index (κ3) is 17.6. The van der Waals surface area contributed by atoms with Crippen LogP contribution in [0.3, 0.4) is 0 Å². The molecule has 4 heteroatoms. The van der Waals surface area contributed by atoms with Crippen LogP contribution in [0.4, 0.5) is 0 Å². The number of allylic oxidation sites excluding steroid dienone is 1. The summed E-state index contributed by atoms with van der Waals surface area (Å²) in [5, 5.41) is 15.2. The fourth-order valence-corrected chi connectivity index (χ4v) is 0.829. The Morgan fingerprint density at radius 1 is 0.929 bits per heavy atom. The molecule has 0 amide bonds. The largest absolute Gasteiger partial charge is 0.394 e. The third-order valence-electron chi connectivity index (χ3n) is 1.57. The van der Waals surface area contributed by atoms with Crippen LogP contribution in [0, 0.1) is 0 Å². The van der Waals surface area contributed by atoms with Crippen LogP contribution >= 0.6 is 0 Å². The highest BCUT2D eigenvalue weighted by molar-refractivity contribution is 4.93. The molecule has 0 saturated carbocycles. The molecule has 6 N–H and O–H groups in total. The van der Waals surface area contributed by atoms with E-state index in [0.29, 0.717) is 0 Å². The van der Waals surface area contributed by atoms with E-state index in [-0.39, 0.29) is 13.2 Å². The Morgan fingerprint density at radius 2 is 1.29 bits per heavy atom. The lowest BCUT2D eigenvalue weighted by Crippen LogP contribution is -2.01. The Morgan fingerprint density at radius 3 is 1.50 bits per heavy atom. The standard InChI is InChI=1S/C8H18N2.C2H6O2/c1-8(4-2-6-9)5-3-7-10;3-1-2-4/h1-7,9-10H2;3-4H,1-2H2. The maximum Gasteiger partial charge on any atom is 0.0662 e. The highest BCUT2D eigenvalue weighted by Crippen LogP contribution is 2.07. The molecule has 0 fully saturated rings. The van der Waals surface area contributed by atoms with Crippen molar-refractivity contribution in [2.45, 2.75) is 25.7 Å². The number of hydrogen-bond donors (Lipinski definition) is 4. The van der Waals surface area contributed by atoms with E-state index in [1.54, 1.807) is 0 Å². The normalized spacial score (nSPS) is 9.14. The number of aliphatic hydroxyl groups is 2. The summed E-state index contributed by atoms with van der Waals surface area (Å²) in [7, 11) is 0. The van der Waals surface area contributed by atoms with Gasteiger partial charge in [-0.1, -0.05) is 12.2 Å². The summed E-state index contributed by atoms with van der Waals surface area (Å²) in [4.78, 5) is 0. The predicted molar refractivity (Wildman–Crippen MR) is 59.9 cm³/mol. The molecular formula is C10H24N2O2. The molecule has 0 aliphatic rings. The van der Waals surface area contributed by atoms with E-state index >= 15 is 0 Å². The van der Waals surface area contributed by atoms with Crippen molar-refractivity contribution in [3.05, 3.63) is 12.2 Å². The fraction of sp³-hybridized carbons (Fsp3) is 0.800. The van der Waals surface area contributed by atoms with E-state index < -0.39 is 0 Å². The van der Waals surface area contributed by atoms with Crippen molar-refractivity contribution in [2.24, 2.45) is 11.5 Å². The van der Waals surface area contributed by atoms with Crippen LogP contribution in [0.25, 0.3) is 0 Å². The van der Waals surface area contributed by atoms with E-state index in [1.807, 2.05) is 0 Å². The Hall–Kier alpha value is -0.420. The molecule has 0 bridgehead atoms. The van der Waals surface area contributed by atoms with E-state index in [2.05, 4.69) is 6.58 Å². The van der Waals surface area contributed by atoms with Crippen LogP contribution in [-0.2, 0) is 0 Å². The fourth-order valence-electron chi connectivity index (χ4n) is 0.829. The van der Waals surface area contributed by atoms with Crippen molar-refractivity contribution in [3.63, 3.8) is 0 Å². The van der Waals surface area contributed by atoms with Crippen LogP contribution in [0.15, 0.2) is 12.2 Å². The van der Waals surface area contributed by atoms with Gasteiger partial charge in [-0.25, -0.2) is 0 Å². The van der Waals surface area contributed by atoms with Crippen molar-refractivity contribution in [2.75, 3.05) is 26.3 Å². The minimum atomic E-state index is -0.125. The molecule has 0 aliphatic heterocycles. The molecule has 0 unspecified atom stereocenters. The highest BCUT2D eigenvalue weighted by atomic mass is 16.3. The van der Waals surface area contributed by atoms with Gasteiger partial charge in [0.15, 0.2) is 0 Å². The summed E-state index contributed by atoms with van der Waals surface area (Å²) in [5.74, 6) is 0. The zero-order chi connectivity index (χ0) is 11.2. The van der Waals surface area contributed by atoms with Gasteiger partial charge in [0, 0.05) is 0 Å². The zero-order valence-corrected chi connectivity index (χ0v) is 8.91. The van der Waals surface area contributed by atoms with Gasteiger partial charge >= 0.3 is 0 Å². The Bertz CT molecular complexity index is 107. The summed E-state index contributed by atoms with van der Waals surface area (Å²) < 4.78 is 0. The van der Waals surface area contributed by atoms with E-state index in [4.69, 9.17) is 21.7 Å². The van der Waals surface area contributed by atoms with Gasteiger partial charge in [-0.05, 0) is 38.8 Å². The van der Waals surface area contributed by atoms with Gasteiger partial charge in [-0.2, -0.15) is 0 Å². The molecule has 0 saturated heterocycles. The van der Waals surface area contributed by atoms with Crippen LogP contribution < -0.4 is 11.5 Å². The van der Waals surface area contributed by atoms with Crippen molar-refractivity contribution < 1.29 is 10.2 Å². The minimum absolute atomic E-state index is 0.125. The second-order valence-corrected chi connectivity index (χ2v) is 2.98. The lowest BCUT2D eigenvalue weighted by atomic mass is 10.1. The highest BCUT2D eigenvalue weighted by Gasteiger charge is 1.91. The Kier molecular flexibility index (Phi) is 17.3. The smallest absolute Gasteiger partial charge is 0.0662 e. The number of aliphatic hydroxyl groups excluding tert-OH is 2. The number of nitrogens with two attached hydrogens (primary N) is 2. The van der Waals surface area contributed by atoms with Crippen LogP contribution in [0.1, 0.15) is 25.7 Å². The Balaban J connectivity index is 0. The van der Waals surface area contributed by atoms with Crippen molar-refractivity contribution >= 4 is 0 Å². The van der Waals surface area contributed by atoms with Crippen LogP contribution in [0.5, 0.6) is 0 Å². The predicted octanol–water partition coefficient (Wildman–Crippen LogP) is -0.00860. The topological polar surface area (TPSA) is 92.5 Å². The SMILES string of the molecule is C=C(CCCN)CCCN.OCCO. The molecule has 86 valence electrons. The molecule has 14 heavy (non-hydrogen) atoms. The van der Waals surface area contributed by atoms with E-state index in [0.717, 1.165) is 38.8 Å².